The van der Waals surface area contributed by atoms with Crippen LogP contribution in [-0.4, -0.2) is 20.6 Å². The van der Waals surface area contributed by atoms with E-state index in [0.29, 0.717) is 5.56 Å². The van der Waals surface area contributed by atoms with Gasteiger partial charge in [0.25, 0.3) is 5.91 Å². The van der Waals surface area contributed by atoms with E-state index in [1.54, 1.807) is 35.1 Å². The van der Waals surface area contributed by atoms with E-state index in [1.807, 2.05) is 0 Å². The molecule has 1 amide bonds. The number of carbonyl (C=O) groups is 1. The Hall–Kier alpha value is -2.48. The molecule has 2 aromatic carbocycles. The lowest BCUT2D eigenvalue weighted by atomic mass is 10.1. The minimum atomic E-state index is -3.80. The zero-order valence-corrected chi connectivity index (χ0v) is 12.8. The van der Waals surface area contributed by atoms with E-state index in [-0.39, 0.29) is 5.75 Å². The maximum atomic E-state index is 13.3. The Balaban J connectivity index is 2.33. The number of ether oxygens (including phenoxy) is 1. The summed E-state index contributed by atoms with van der Waals surface area (Å²) in [6.07, 6.45) is -0.513. The van der Waals surface area contributed by atoms with Crippen molar-refractivity contribution in [2.75, 3.05) is 6.26 Å². The van der Waals surface area contributed by atoms with Crippen molar-refractivity contribution in [3.8, 4) is 5.75 Å². The van der Waals surface area contributed by atoms with E-state index in [1.165, 1.54) is 0 Å². The third-order valence-electron chi connectivity index (χ3n) is 2.77. The number of sulfonamides is 1. The lowest BCUT2D eigenvalue weighted by molar-refractivity contribution is -0.126. The van der Waals surface area contributed by atoms with Gasteiger partial charge >= 0.3 is 0 Å². The highest BCUT2D eigenvalue weighted by Crippen LogP contribution is 2.24. The molecule has 0 aromatic heterocycles. The van der Waals surface area contributed by atoms with Crippen molar-refractivity contribution in [2.24, 2.45) is 0 Å². The zero-order valence-electron chi connectivity index (χ0n) is 12.0. The van der Waals surface area contributed by atoms with Crippen LogP contribution in [-0.2, 0) is 14.8 Å². The molecule has 0 aliphatic rings. The Morgan fingerprint density at radius 1 is 1.09 bits per heavy atom. The fraction of sp³-hybridized carbons (Fsp3) is 0.133. The van der Waals surface area contributed by atoms with Gasteiger partial charge in [0.15, 0.2) is 11.6 Å². The van der Waals surface area contributed by atoms with Crippen LogP contribution in [0.3, 0.4) is 0 Å². The van der Waals surface area contributed by atoms with Crippen molar-refractivity contribution in [2.45, 2.75) is 6.10 Å². The third-order valence-corrected chi connectivity index (χ3v) is 3.34. The number of hydrogen-bond donors (Lipinski definition) is 1. The summed E-state index contributed by atoms with van der Waals surface area (Å²) in [5, 5.41) is 0. The van der Waals surface area contributed by atoms with E-state index >= 15 is 0 Å². The molecule has 0 saturated carbocycles. The molecule has 2 aromatic rings. The van der Waals surface area contributed by atoms with Crippen molar-refractivity contribution in [1.82, 2.24) is 4.72 Å². The van der Waals surface area contributed by atoms with E-state index in [4.69, 9.17) is 4.74 Å². The predicted octanol–water partition coefficient (Wildman–Crippen LogP) is 2.16. The third kappa shape index (κ3) is 4.75. The Bertz CT molecular complexity index is 809. The molecule has 23 heavy (non-hydrogen) atoms. The first-order valence-corrected chi connectivity index (χ1v) is 8.34. The molecule has 0 saturated heterocycles. The molecular weight excluding hydrogens is 328 g/mol. The number of amides is 1. The van der Waals surface area contributed by atoms with Crippen molar-refractivity contribution >= 4 is 15.9 Å². The fourth-order valence-electron chi connectivity index (χ4n) is 1.82. The summed E-state index contributed by atoms with van der Waals surface area (Å²) in [5.41, 5.74) is 0.360. The van der Waals surface area contributed by atoms with Crippen molar-refractivity contribution < 1.29 is 26.7 Å². The first-order valence-electron chi connectivity index (χ1n) is 6.44. The average Bonchev–Trinajstić information content (AvgIpc) is 2.47. The number of benzene rings is 2. The van der Waals surface area contributed by atoms with Crippen LogP contribution < -0.4 is 9.46 Å². The molecule has 5 nitrogen and oxygen atoms in total. The van der Waals surface area contributed by atoms with E-state index in [2.05, 4.69) is 0 Å². The summed E-state index contributed by atoms with van der Waals surface area (Å²) in [5.74, 6) is -3.25. The molecule has 122 valence electrons. The standard InChI is InChI=1S/C15H13F2NO4S/c1-23(20,21)18-15(19)14(10-5-3-2-4-6-10)22-11-7-8-12(16)13(17)9-11/h2-9,14H,1H3,(H,18,19). The molecule has 1 unspecified atom stereocenters. The minimum Gasteiger partial charge on any atom is -0.476 e. The highest BCUT2D eigenvalue weighted by atomic mass is 32.2. The predicted molar refractivity (Wildman–Crippen MR) is 79.2 cm³/mol. The molecule has 1 N–H and O–H groups in total. The summed E-state index contributed by atoms with van der Waals surface area (Å²) in [6, 6.07) is 10.8. The smallest absolute Gasteiger partial charge is 0.279 e. The monoisotopic (exact) mass is 341 g/mol. The lowest BCUT2D eigenvalue weighted by Gasteiger charge is -2.18. The molecule has 0 aliphatic heterocycles. The van der Waals surface area contributed by atoms with Crippen LogP contribution in [0.25, 0.3) is 0 Å². The van der Waals surface area contributed by atoms with Crippen LogP contribution in [0.1, 0.15) is 11.7 Å². The van der Waals surface area contributed by atoms with Crippen LogP contribution in [0, 0.1) is 11.6 Å². The molecule has 0 heterocycles. The Morgan fingerprint density at radius 3 is 2.30 bits per heavy atom. The highest BCUT2D eigenvalue weighted by Gasteiger charge is 2.25. The Kier molecular flexibility index (Phi) is 4.95. The molecule has 0 bridgehead atoms. The normalized spacial score (nSPS) is 12.5. The topological polar surface area (TPSA) is 72.5 Å². The largest absolute Gasteiger partial charge is 0.476 e. The van der Waals surface area contributed by atoms with Crippen LogP contribution in [0.4, 0.5) is 8.78 Å². The van der Waals surface area contributed by atoms with Gasteiger partial charge in [0, 0.05) is 11.6 Å². The maximum Gasteiger partial charge on any atom is 0.279 e. The first kappa shape index (κ1) is 16.9. The zero-order chi connectivity index (χ0) is 17.0. The van der Waals surface area contributed by atoms with Gasteiger partial charge in [0.05, 0.1) is 6.26 Å². The molecule has 1 atom stereocenters. The number of rotatable bonds is 5. The maximum absolute atomic E-state index is 13.3. The number of halogens is 2. The Morgan fingerprint density at radius 2 is 1.74 bits per heavy atom. The minimum absolute atomic E-state index is 0.110. The molecule has 0 fully saturated rings. The van der Waals surface area contributed by atoms with Crippen molar-refractivity contribution in [1.29, 1.82) is 0 Å². The molecule has 0 spiro atoms. The molecular formula is C15H13F2NO4S. The van der Waals surface area contributed by atoms with Gasteiger partial charge in [-0.2, -0.15) is 0 Å². The quantitative estimate of drug-likeness (QED) is 0.905. The number of hydrogen-bond acceptors (Lipinski definition) is 4. The van der Waals surface area contributed by atoms with Gasteiger partial charge in [0.1, 0.15) is 5.75 Å². The van der Waals surface area contributed by atoms with E-state index in [9.17, 15) is 22.0 Å². The SMILES string of the molecule is CS(=O)(=O)NC(=O)C(Oc1ccc(F)c(F)c1)c1ccccc1. The van der Waals surface area contributed by atoms with Crippen LogP contribution in [0.15, 0.2) is 48.5 Å². The summed E-state index contributed by atoms with van der Waals surface area (Å²) >= 11 is 0. The van der Waals surface area contributed by atoms with Crippen LogP contribution >= 0.6 is 0 Å². The summed E-state index contributed by atoms with van der Waals surface area (Å²) < 4.78 is 55.8. The van der Waals surface area contributed by atoms with Crippen LogP contribution in [0.5, 0.6) is 5.75 Å². The molecule has 2 rings (SSSR count). The number of carbonyl (C=O) groups excluding carboxylic acids is 1. The number of nitrogens with one attached hydrogen (secondary N) is 1. The lowest BCUT2D eigenvalue weighted by Crippen LogP contribution is -2.36. The average molecular weight is 341 g/mol. The highest BCUT2D eigenvalue weighted by molar-refractivity contribution is 7.89. The fourth-order valence-corrected chi connectivity index (χ4v) is 2.30. The second-order valence-corrected chi connectivity index (χ2v) is 6.47. The van der Waals surface area contributed by atoms with E-state index < -0.39 is 33.7 Å². The van der Waals surface area contributed by atoms with Gasteiger partial charge < -0.3 is 4.74 Å². The van der Waals surface area contributed by atoms with Crippen LogP contribution in [0.2, 0.25) is 0 Å². The van der Waals surface area contributed by atoms with Gasteiger partial charge in [-0.3, -0.25) is 4.79 Å². The van der Waals surface area contributed by atoms with Gasteiger partial charge in [-0.25, -0.2) is 21.9 Å². The van der Waals surface area contributed by atoms with Crippen molar-refractivity contribution in [3.05, 3.63) is 65.7 Å². The molecule has 0 aliphatic carbocycles. The molecule has 0 radical (unpaired) electrons. The van der Waals surface area contributed by atoms with E-state index in [0.717, 1.165) is 24.5 Å². The summed E-state index contributed by atoms with van der Waals surface area (Å²) in [4.78, 5) is 12.1. The summed E-state index contributed by atoms with van der Waals surface area (Å²) in [6.45, 7) is 0. The second-order valence-electron chi connectivity index (χ2n) is 4.72. The van der Waals surface area contributed by atoms with Gasteiger partial charge in [0.2, 0.25) is 16.1 Å². The first-order chi connectivity index (χ1) is 10.8. The van der Waals surface area contributed by atoms with Crippen molar-refractivity contribution in [3.63, 3.8) is 0 Å². The second kappa shape index (κ2) is 6.74. The van der Waals surface area contributed by atoms with Gasteiger partial charge in [-0.15, -0.1) is 0 Å². The summed E-state index contributed by atoms with van der Waals surface area (Å²) in [7, 11) is -3.80. The Labute approximate surface area is 132 Å². The van der Waals surface area contributed by atoms with Gasteiger partial charge in [-0.05, 0) is 12.1 Å². The molecule has 8 heteroatoms. The van der Waals surface area contributed by atoms with Gasteiger partial charge in [-0.1, -0.05) is 30.3 Å².